The Morgan fingerprint density at radius 2 is 1.41 bits per heavy atom. The van der Waals surface area contributed by atoms with Gasteiger partial charge >= 0.3 is 5.97 Å². The number of hydrogen-bond acceptors (Lipinski definition) is 5. The van der Waals surface area contributed by atoms with Gasteiger partial charge in [0, 0.05) is 0 Å². The zero-order valence-corrected chi connectivity index (χ0v) is 15.8. The van der Waals surface area contributed by atoms with Crippen LogP contribution in [0.15, 0.2) is 90.0 Å². The second kappa shape index (κ2) is 8.95. The molecule has 1 amide bonds. The molecule has 0 heterocycles. The van der Waals surface area contributed by atoms with Gasteiger partial charge in [0.15, 0.2) is 5.60 Å². The summed E-state index contributed by atoms with van der Waals surface area (Å²) in [4.78, 5) is 24.4. The molecule has 29 heavy (non-hydrogen) atoms. The Morgan fingerprint density at radius 1 is 0.897 bits per heavy atom. The fourth-order valence-corrected chi connectivity index (χ4v) is 2.86. The largest absolute Gasteiger partial charge is 0.465 e. The molecular weight excluding hydrogens is 368 g/mol. The Kier molecular flexibility index (Phi) is 6.16. The van der Waals surface area contributed by atoms with Crippen LogP contribution in [0.3, 0.4) is 0 Å². The topological polar surface area (TPSA) is 88.0 Å². The summed E-state index contributed by atoms with van der Waals surface area (Å²) >= 11 is 0. The van der Waals surface area contributed by atoms with E-state index in [1.807, 2.05) is 12.1 Å². The van der Waals surface area contributed by atoms with Gasteiger partial charge in [-0.2, -0.15) is 5.10 Å². The van der Waals surface area contributed by atoms with E-state index >= 15 is 0 Å². The van der Waals surface area contributed by atoms with Crippen molar-refractivity contribution in [1.82, 2.24) is 5.43 Å². The summed E-state index contributed by atoms with van der Waals surface area (Å²) in [6, 6.07) is 23.9. The third-order valence-electron chi connectivity index (χ3n) is 4.42. The molecule has 6 nitrogen and oxygen atoms in total. The van der Waals surface area contributed by atoms with Gasteiger partial charge in [-0.3, -0.25) is 4.79 Å². The minimum absolute atomic E-state index is 0.413. The van der Waals surface area contributed by atoms with E-state index < -0.39 is 17.5 Å². The lowest BCUT2D eigenvalue weighted by molar-refractivity contribution is -0.136. The smallest absolute Gasteiger partial charge is 0.337 e. The predicted octanol–water partition coefficient (Wildman–Crippen LogP) is 2.86. The maximum absolute atomic E-state index is 12.9. The number of nitrogens with one attached hydrogen (secondary N) is 1. The van der Waals surface area contributed by atoms with Crippen molar-refractivity contribution in [2.45, 2.75) is 5.60 Å². The Balaban J connectivity index is 1.81. The third-order valence-corrected chi connectivity index (χ3v) is 4.42. The minimum Gasteiger partial charge on any atom is -0.465 e. The van der Waals surface area contributed by atoms with Crippen molar-refractivity contribution in [1.29, 1.82) is 0 Å². The van der Waals surface area contributed by atoms with Gasteiger partial charge < -0.3 is 9.84 Å². The van der Waals surface area contributed by atoms with Crippen LogP contribution in [0.2, 0.25) is 0 Å². The van der Waals surface area contributed by atoms with Crippen LogP contribution >= 0.6 is 0 Å². The van der Waals surface area contributed by atoms with E-state index in [2.05, 4.69) is 15.3 Å². The van der Waals surface area contributed by atoms with E-state index in [9.17, 15) is 14.7 Å². The molecule has 0 spiro atoms. The van der Waals surface area contributed by atoms with Crippen LogP contribution in [0.4, 0.5) is 0 Å². The Bertz CT molecular complexity index is 961. The quantitative estimate of drug-likeness (QED) is 0.386. The molecule has 3 rings (SSSR count). The lowest BCUT2D eigenvalue weighted by atomic mass is 9.85. The first-order valence-corrected chi connectivity index (χ1v) is 8.91. The van der Waals surface area contributed by atoms with Gasteiger partial charge in [0.1, 0.15) is 0 Å². The van der Waals surface area contributed by atoms with Crippen molar-refractivity contribution in [3.63, 3.8) is 0 Å². The average molecular weight is 388 g/mol. The first-order chi connectivity index (χ1) is 14.1. The molecular formula is C23H20N2O4. The number of hydrogen-bond donors (Lipinski definition) is 2. The summed E-state index contributed by atoms with van der Waals surface area (Å²) in [6.45, 7) is 0. The first-order valence-electron chi connectivity index (χ1n) is 8.91. The number of carbonyl (C=O) groups excluding carboxylic acids is 2. The van der Waals surface area contributed by atoms with Crippen molar-refractivity contribution in [2.24, 2.45) is 5.10 Å². The monoisotopic (exact) mass is 388 g/mol. The van der Waals surface area contributed by atoms with Crippen molar-refractivity contribution in [2.75, 3.05) is 7.11 Å². The number of ether oxygens (including phenoxy) is 1. The molecule has 0 unspecified atom stereocenters. The number of esters is 1. The van der Waals surface area contributed by atoms with Crippen molar-refractivity contribution >= 4 is 18.1 Å². The molecule has 0 radical (unpaired) electrons. The highest BCUT2D eigenvalue weighted by atomic mass is 16.5. The molecule has 0 fully saturated rings. The molecule has 0 saturated carbocycles. The Morgan fingerprint density at radius 3 is 1.90 bits per heavy atom. The molecule has 3 aromatic rings. The van der Waals surface area contributed by atoms with Gasteiger partial charge in [0.2, 0.25) is 0 Å². The van der Waals surface area contributed by atoms with Crippen LogP contribution in [-0.2, 0) is 15.1 Å². The van der Waals surface area contributed by atoms with Crippen LogP contribution in [0.5, 0.6) is 0 Å². The van der Waals surface area contributed by atoms with E-state index in [4.69, 9.17) is 0 Å². The molecule has 0 aliphatic heterocycles. The van der Waals surface area contributed by atoms with Gasteiger partial charge in [0.05, 0.1) is 18.9 Å². The number of methoxy groups -OCH3 is 1. The molecule has 0 saturated heterocycles. The number of benzene rings is 3. The number of amides is 1. The summed E-state index contributed by atoms with van der Waals surface area (Å²) in [5, 5.41) is 15.3. The maximum Gasteiger partial charge on any atom is 0.337 e. The number of aliphatic hydroxyl groups is 1. The highest BCUT2D eigenvalue weighted by Crippen LogP contribution is 2.29. The maximum atomic E-state index is 12.9. The number of nitrogens with zero attached hydrogens (tertiary/aromatic N) is 1. The summed E-state index contributed by atoms with van der Waals surface area (Å²) in [5.74, 6) is -1.12. The molecule has 0 aliphatic rings. The van der Waals surface area contributed by atoms with Gasteiger partial charge in [-0.25, -0.2) is 10.2 Å². The molecule has 0 aliphatic carbocycles. The third kappa shape index (κ3) is 4.39. The molecule has 0 bridgehead atoms. The minimum atomic E-state index is -1.89. The normalized spacial score (nSPS) is 11.2. The average Bonchev–Trinajstić information content (AvgIpc) is 2.79. The predicted molar refractivity (Wildman–Crippen MR) is 109 cm³/mol. The van der Waals surface area contributed by atoms with Gasteiger partial charge in [-0.15, -0.1) is 0 Å². The first kappa shape index (κ1) is 20.0. The summed E-state index contributed by atoms with van der Waals surface area (Å²) in [6.07, 6.45) is 1.43. The van der Waals surface area contributed by atoms with E-state index in [-0.39, 0.29) is 0 Å². The lowest BCUT2D eigenvalue weighted by Crippen LogP contribution is -2.43. The lowest BCUT2D eigenvalue weighted by Gasteiger charge is -2.27. The standard InChI is InChI=1S/C23H20N2O4/c1-29-21(26)18-14-12-17(13-15-18)16-24-25-22(27)23(28,19-8-4-2-5-9-19)20-10-6-3-7-11-20/h2-16,28H,1H3,(H,25,27)/b24-16+. The van der Waals surface area contributed by atoms with E-state index in [0.29, 0.717) is 22.3 Å². The number of hydrazone groups is 1. The van der Waals surface area contributed by atoms with Crippen molar-refractivity contribution in [3.8, 4) is 0 Å². The fraction of sp³-hybridized carbons (Fsp3) is 0.0870. The molecule has 0 atom stereocenters. The van der Waals surface area contributed by atoms with Gasteiger partial charge in [-0.05, 0) is 28.8 Å². The van der Waals surface area contributed by atoms with Gasteiger partial charge in [-0.1, -0.05) is 72.8 Å². The van der Waals surface area contributed by atoms with Crippen molar-refractivity contribution < 1.29 is 19.4 Å². The van der Waals surface area contributed by atoms with E-state index in [1.54, 1.807) is 72.8 Å². The highest BCUT2D eigenvalue weighted by Gasteiger charge is 2.39. The zero-order valence-electron chi connectivity index (χ0n) is 15.8. The molecule has 146 valence electrons. The van der Waals surface area contributed by atoms with Crippen LogP contribution in [0, 0.1) is 0 Å². The Labute approximate surface area is 168 Å². The molecule has 2 N–H and O–H groups in total. The second-order valence-electron chi connectivity index (χ2n) is 6.26. The Hall–Kier alpha value is -3.77. The summed E-state index contributed by atoms with van der Waals surface area (Å²) in [5.41, 5.74) is 2.46. The molecule has 3 aromatic carbocycles. The number of rotatable bonds is 6. The van der Waals surface area contributed by atoms with Crippen LogP contribution < -0.4 is 5.43 Å². The summed E-state index contributed by atoms with van der Waals surface area (Å²) < 4.78 is 4.65. The second-order valence-corrected chi connectivity index (χ2v) is 6.26. The zero-order chi connectivity index (χ0) is 20.7. The summed E-state index contributed by atoms with van der Waals surface area (Å²) in [7, 11) is 1.31. The van der Waals surface area contributed by atoms with Crippen LogP contribution in [-0.4, -0.2) is 30.3 Å². The van der Waals surface area contributed by atoms with Crippen molar-refractivity contribution in [3.05, 3.63) is 107 Å². The SMILES string of the molecule is COC(=O)c1ccc(/C=N/NC(=O)C(O)(c2ccccc2)c2ccccc2)cc1. The highest BCUT2D eigenvalue weighted by molar-refractivity contribution is 5.92. The van der Waals surface area contributed by atoms with Crippen LogP contribution in [0.1, 0.15) is 27.0 Å². The number of carbonyl (C=O) groups is 2. The molecule has 0 aromatic heterocycles. The fourth-order valence-electron chi connectivity index (χ4n) is 2.86. The van der Waals surface area contributed by atoms with E-state index in [0.717, 1.165) is 0 Å². The van der Waals surface area contributed by atoms with Gasteiger partial charge in [0.25, 0.3) is 5.91 Å². The van der Waals surface area contributed by atoms with E-state index in [1.165, 1.54) is 13.3 Å². The molecule has 6 heteroatoms. The van der Waals surface area contributed by atoms with Crippen LogP contribution in [0.25, 0.3) is 0 Å².